The molecule has 1 aliphatic rings. The van der Waals surface area contributed by atoms with Crippen LogP contribution in [0.15, 0.2) is 18.3 Å². The van der Waals surface area contributed by atoms with Crippen molar-refractivity contribution in [1.82, 2.24) is 4.98 Å². The highest BCUT2D eigenvalue weighted by molar-refractivity contribution is 14.1. The van der Waals surface area contributed by atoms with E-state index in [1.165, 1.54) is 0 Å². The van der Waals surface area contributed by atoms with Crippen LogP contribution in [-0.2, 0) is 4.74 Å². The Morgan fingerprint density at radius 1 is 1.57 bits per heavy atom. The first kappa shape index (κ1) is 10.1. The molecule has 2 rings (SSSR count). The van der Waals surface area contributed by atoms with Crippen LogP contribution in [0.3, 0.4) is 0 Å². The number of pyridine rings is 1. The molecule has 0 saturated carbocycles. The van der Waals surface area contributed by atoms with Crippen molar-refractivity contribution in [2.24, 2.45) is 0 Å². The summed E-state index contributed by atoms with van der Waals surface area (Å²) >= 11 is 2.21. The maximum atomic E-state index is 9.52. The highest BCUT2D eigenvalue weighted by Gasteiger charge is 2.26. The molecule has 1 saturated heterocycles. The molecule has 0 amide bonds. The molecule has 0 spiro atoms. The van der Waals surface area contributed by atoms with E-state index in [1.807, 2.05) is 12.1 Å². The van der Waals surface area contributed by atoms with Gasteiger partial charge < -0.3 is 15.2 Å². The van der Waals surface area contributed by atoms with Crippen molar-refractivity contribution < 1.29 is 9.84 Å². The van der Waals surface area contributed by atoms with Crippen molar-refractivity contribution in [1.29, 1.82) is 0 Å². The molecule has 1 aromatic rings. The van der Waals surface area contributed by atoms with Crippen molar-refractivity contribution in [3.63, 3.8) is 0 Å². The molecule has 0 aromatic carbocycles. The summed E-state index contributed by atoms with van der Waals surface area (Å²) in [6.45, 7) is 0.939. The molecule has 76 valence electrons. The Labute approximate surface area is 95.8 Å². The van der Waals surface area contributed by atoms with Gasteiger partial charge >= 0.3 is 0 Å². The van der Waals surface area contributed by atoms with E-state index < -0.39 is 6.10 Å². The van der Waals surface area contributed by atoms with Gasteiger partial charge in [0.1, 0.15) is 5.82 Å². The molecule has 2 N–H and O–H groups in total. The minimum Gasteiger partial charge on any atom is -0.388 e. The zero-order chi connectivity index (χ0) is 9.97. The molecule has 2 atom stereocenters. The zero-order valence-corrected chi connectivity index (χ0v) is 9.64. The van der Waals surface area contributed by atoms with Crippen LogP contribution >= 0.6 is 22.6 Å². The number of aliphatic hydroxyl groups excluding tert-OH is 1. The van der Waals surface area contributed by atoms with Crippen molar-refractivity contribution in [2.75, 3.05) is 18.5 Å². The van der Waals surface area contributed by atoms with E-state index in [4.69, 9.17) is 4.74 Å². The molecular weight excluding hydrogens is 295 g/mol. The Bertz CT molecular complexity index is 321. The van der Waals surface area contributed by atoms with E-state index in [1.54, 1.807) is 6.20 Å². The van der Waals surface area contributed by atoms with Gasteiger partial charge in [-0.25, -0.2) is 4.98 Å². The summed E-state index contributed by atoms with van der Waals surface area (Å²) in [6, 6.07) is 3.81. The third kappa shape index (κ3) is 2.15. The van der Waals surface area contributed by atoms with E-state index >= 15 is 0 Å². The van der Waals surface area contributed by atoms with Crippen LogP contribution in [0.1, 0.15) is 0 Å². The Hall–Kier alpha value is -0.400. The molecule has 0 aliphatic carbocycles. The molecule has 2 heterocycles. The van der Waals surface area contributed by atoms with E-state index in [-0.39, 0.29) is 6.04 Å². The summed E-state index contributed by atoms with van der Waals surface area (Å²) in [5, 5.41) is 12.7. The standard InChI is InChI=1S/C9H11IN2O2/c10-6-2-1-3-11-9(6)12-7-4-14-5-8(7)13/h1-3,7-8,13H,4-5H2,(H,11,12)/t7-,8-/m1/s1. The Morgan fingerprint density at radius 2 is 2.43 bits per heavy atom. The Balaban J connectivity index is 2.07. The lowest BCUT2D eigenvalue weighted by Crippen LogP contribution is -2.32. The lowest BCUT2D eigenvalue weighted by atomic mass is 10.2. The number of hydrogen-bond acceptors (Lipinski definition) is 4. The number of anilines is 1. The molecule has 1 aliphatic heterocycles. The topological polar surface area (TPSA) is 54.4 Å². The van der Waals surface area contributed by atoms with Crippen molar-refractivity contribution in [3.8, 4) is 0 Å². The van der Waals surface area contributed by atoms with E-state index in [0.717, 1.165) is 9.39 Å². The van der Waals surface area contributed by atoms with Crippen LogP contribution in [0.5, 0.6) is 0 Å². The number of aromatic nitrogens is 1. The smallest absolute Gasteiger partial charge is 0.139 e. The minimum atomic E-state index is -0.437. The average Bonchev–Trinajstić information content (AvgIpc) is 2.56. The van der Waals surface area contributed by atoms with Gasteiger partial charge in [0, 0.05) is 6.20 Å². The number of rotatable bonds is 2. The van der Waals surface area contributed by atoms with Crippen LogP contribution in [-0.4, -0.2) is 35.5 Å². The third-order valence-corrected chi connectivity index (χ3v) is 3.00. The summed E-state index contributed by atoms with van der Waals surface area (Å²) < 4.78 is 6.18. The highest BCUT2D eigenvalue weighted by atomic mass is 127. The number of aliphatic hydroxyl groups is 1. The second-order valence-corrected chi connectivity index (χ2v) is 4.35. The largest absolute Gasteiger partial charge is 0.388 e. The summed E-state index contributed by atoms with van der Waals surface area (Å²) in [5.41, 5.74) is 0. The van der Waals surface area contributed by atoms with Gasteiger partial charge in [0.25, 0.3) is 0 Å². The lowest BCUT2D eigenvalue weighted by Gasteiger charge is -2.15. The summed E-state index contributed by atoms with van der Waals surface area (Å²) in [6.07, 6.45) is 1.29. The van der Waals surface area contributed by atoms with Gasteiger partial charge in [-0.1, -0.05) is 0 Å². The number of halogens is 1. The van der Waals surface area contributed by atoms with Gasteiger partial charge in [0.05, 0.1) is 28.9 Å². The van der Waals surface area contributed by atoms with E-state index in [2.05, 4.69) is 32.9 Å². The van der Waals surface area contributed by atoms with E-state index in [9.17, 15) is 5.11 Å². The summed E-state index contributed by atoms with van der Waals surface area (Å²) in [5.74, 6) is 0.808. The van der Waals surface area contributed by atoms with Gasteiger partial charge in [-0.3, -0.25) is 0 Å². The van der Waals surface area contributed by atoms with Gasteiger partial charge in [-0.2, -0.15) is 0 Å². The van der Waals surface area contributed by atoms with Crippen molar-refractivity contribution >= 4 is 28.4 Å². The second kappa shape index (κ2) is 4.41. The van der Waals surface area contributed by atoms with Crippen molar-refractivity contribution in [2.45, 2.75) is 12.1 Å². The number of nitrogens with one attached hydrogen (secondary N) is 1. The fourth-order valence-electron chi connectivity index (χ4n) is 1.35. The molecule has 14 heavy (non-hydrogen) atoms. The van der Waals surface area contributed by atoms with E-state index in [0.29, 0.717) is 13.2 Å². The zero-order valence-electron chi connectivity index (χ0n) is 7.48. The number of ether oxygens (including phenoxy) is 1. The van der Waals surface area contributed by atoms with Gasteiger partial charge in [-0.05, 0) is 34.7 Å². The van der Waals surface area contributed by atoms with Crippen LogP contribution < -0.4 is 5.32 Å². The number of hydrogen-bond donors (Lipinski definition) is 2. The van der Waals surface area contributed by atoms with Crippen molar-refractivity contribution in [3.05, 3.63) is 21.9 Å². The van der Waals surface area contributed by atoms with Gasteiger partial charge in [0.15, 0.2) is 0 Å². The highest BCUT2D eigenvalue weighted by Crippen LogP contribution is 2.17. The van der Waals surface area contributed by atoms with Crippen LogP contribution in [0.2, 0.25) is 0 Å². The molecule has 1 fully saturated rings. The Kier molecular flexibility index (Phi) is 3.19. The predicted octanol–water partition coefficient (Wildman–Crippen LogP) is 0.858. The van der Waals surface area contributed by atoms with Crippen LogP contribution in [0, 0.1) is 3.57 Å². The summed E-state index contributed by atoms with van der Waals surface area (Å²) in [7, 11) is 0. The first-order chi connectivity index (χ1) is 6.77. The fourth-order valence-corrected chi connectivity index (χ4v) is 1.85. The first-order valence-corrected chi connectivity index (χ1v) is 5.48. The summed E-state index contributed by atoms with van der Waals surface area (Å²) in [4.78, 5) is 4.19. The van der Waals surface area contributed by atoms with Crippen LogP contribution in [0.4, 0.5) is 5.82 Å². The third-order valence-electron chi connectivity index (χ3n) is 2.13. The van der Waals surface area contributed by atoms with Gasteiger partial charge in [-0.15, -0.1) is 0 Å². The quantitative estimate of drug-likeness (QED) is 0.796. The molecular formula is C9H11IN2O2. The Morgan fingerprint density at radius 3 is 3.07 bits per heavy atom. The monoisotopic (exact) mass is 306 g/mol. The fraction of sp³-hybridized carbons (Fsp3) is 0.444. The molecule has 0 bridgehead atoms. The maximum absolute atomic E-state index is 9.52. The molecule has 5 heteroatoms. The lowest BCUT2D eigenvalue weighted by molar-refractivity contribution is 0.125. The maximum Gasteiger partial charge on any atom is 0.139 e. The molecule has 4 nitrogen and oxygen atoms in total. The molecule has 0 unspecified atom stereocenters. The normalized spacial score (nSPS) is 26.4. The van der Waals surface area contributed by atoms with Gasteiger partial charge in [0.2, 0.25) is 0 Å². The SMILES string of the molecule is O[C@@H]1COC[C@H]1Nc1ncccc1I. The average molecular weight is 306 g/mol. The molecule has 1 aromatic heterocycles. The minimum absolute atomic E-state index is 0.0431. The van der Waals surface area contributed by atoms with Crippen LogP contribution in [0.25, 0.3) is 0 Å². The second-order valence-electron chi connectivity index (χ2n) is 3.19. The number of nitrogens with zero attached hydrogens (tertiary/aromatic N) is 1. The predicted molar refractivity (Wildman–Crippen MR) is 61.2 cm³/mol. The molecule has 0 radical (unpaired) electrons. The first-order valence-electron chi connectivity index (χ1n) is 4.40.